The van der Waals surface area contributed by atoms with Crippen molar-refractivity contribution in [2.24, 2.45) is 0 Å². The van der Waals surface area contributed by atoms with Crippen LogP contribution in [0.1, 0.15) is 50.9 Å². The number of carbonyl (C=O) groups is 1. The normalized spacial score (nSPS) is 11.1. The number of nitrogens with one attached hydrogen (secondary N) is 1. The summed E-state index contributed by atoms with van der Waals surface area (Å²) in [5, 5.41) is 6.88. The maximum atomic E-state index is 12.2. The third-order valence-corrected chi connectivity index (χ3v) is 4.29. The molecule has 3 aromatic rings. The van der Waals surface area contributed by atoms with E-state index in [1.807, 2.05) is 50.2 Å². The number of amides is 1. The van der Waals surface area contributed by atoms with Crippen molar-refractivity contribution in [3.8, 4) is 17.2 Å². The van der Waals surface area contributed by atoms with Gasteiger partial charge in [-0.15, -0.1) is 0 Å². The van der Waals surface area contributed by atoms with Crippen molar-refractivity contribution in [3.05, 3.63) is 59.9 Å². The molecule has 146 valence electrons. The Morgan fingerprint density at radius 3 is 2.39 bits per heavy atom. The standard InChI is InChI=1S/C22H25N3O3/c1-14(2)18-7-5-6-8-19(18)23-20(26)13-27-17-11-9-16(10-12-17)22-24-21(15(3)4)25-28-22/h5-12,14-15H,13H2,1-4H3,(H,23,26). The van der Waals surface area contributed by atoms with E-state index in [9.17, 15) is 4.79 Å². The largest absolute Gasteiger partial charge is 0.484 e. The summed E-state index contributed by atoms with van der Waals surface area (Å²) in [6.07, 6.45) is 0. The molecule has 0 radical (unpaired) electrons. The molecule has 1 amide bonds. The lowest BCUT2D eigenvalue weighted by atomic mass is 10.0. The summed E-state index contributed by atoms with van der Waals surface area (Å²) in [5.41, 5.74) is 2.72. The number of aromatic nitrogens is 2. The minimum Gasteiger partial charge on any atom is -0.484 e. The van der Waals surface area contributed by atoms with Crippen LogP contribution in [0.25, 0.3) is 11.5 Å². The molecule has 0 saturated carbocycles. The molecule has 2 aromatic carbocycles. The fourth-order valence-electron chi connectivity index (χ4n) is 2.73. The van der Waals surface area contributed by atoms with Crippen LogP contribution in [-0.4, -0.2) is 22.7 Å². The van der Waals surface area contributed by atoms with Crippen LogP contribution in [0, 0.1) is 0 Å². The molecule has 0 atom stereocenters. The zero-order valence-corrected chi connectivity index (χ0v) is 16.6. The van der Waals surface area contributed by atoms with Crippen LogP contribution in [0.4, 0.5) is 5.69 Å². The van der Waals surface area contributed by atoms with Crippen LogP contribution in [0.3, 0.4) is 0 Å². The van der Waals surface area contributed by atoms with E-state index in [1.54, 1.807) is 12.1 Å². The molecule has 0 fully saturated rings. The molecule has 1 heterocycles. The lowest BCUT2D eigenvalue weighted by Gasteiger charge is -2.14. The van der Waals surface area contributed by atoms with Gasteiger partial charge < -0.3 is 14.6 Å². The second-order valence-electron chi connectivity index (χ2n) is 7.22. The summed E-state index contributed by atoms with van der Waals surface area (Å²) in [6, 6.07) is 15.0. The lowest BCUT2D eigenvalue weighted by Crippen LogP contribution is -2.21. The monoisotopic (exact) mass is 379 g/mol. The first-order valence-corrected chi connectivity index (χ1v) is 9.39. The molecule has 0 aliphatic carbocycles. The summed E-state index contributed by atoms with van der Waals surface area (Å²) in [4.78, 5) is 16.6. The fraction of sp³-hybridized carbons (Fsp3) is 0.318. The molecule has 0 aliphatic rings. The third-order valence-electron chi connectivity index (χ3n) is 4.29. The molecule has 0 saturated heterocycles. The van der Waals surface area contributed by atoms with Gasteiger partial charge in [-0.1, -0.05) is 51.1 Å². The maximum absolute atomic E-state index is 12.2. The Bertz CT molecular complexity index is 930. The lowest BCUT2D eigenvalue weighted by molar-refractivity contribution is -0.118. The summed E-state index contributed by atoms with van der Waals surface area (Å²) < 4.78 is 10.9. The number of para-hydroxylation sites is 1. The summed E-state index contributed by atoms with van der Waals surface area (Å²) in [6.45, 7) is 8.14. The highest BCUT2D eigenvalue weighted by molar-refractivity contribution is 5.92. The predicted octanol–water partition coefficient (Wildman–Crippen LogP) is 5.00. The third kappa shape index (κ3) is 4.76. The first-order valence-electron chi connectivity index (χ1n) is 9.39. The summed E-state index contributed by atoms with van der Waals surface area (Å²) in [7, 11) is 0. The van der Waals surface area contributed by atoms with Crippen molar-refractivity contribution in [2.45, 2.75) is 39.5 Å². The Morgan fingerprint density at radius 1 is 1.04 bits per heavy atom. The Hall–Kier alpha value is -3.15. The van der Waals surface area contributed by atoms with Gasteiger partial charge in [-0.05, 0) is 41.8 Å². The van der Waals surface area contributed by atoms with Crippen molar-refractivity contribution in [1.82, 2.24) is 10.1 Å². The molecule has 6 nitrogen and oxygen atoms in total. The van der Waals surface area contributed by atoms with Crippen molar-refractivity contribution >= 4 is 11.6 Å². The average molecular weight is 379 g/mol. The van der Waals surface area contributed by atoms with Crippen LogP contribution >= 0.6 is 0 Å². The highest BCUT2D eigenvalue weighted by Gasteiger charge is 2.12. The van der Waals surface area contributed by atoms with E-state index in [0.29, 0.717) is 23.4 Å². The number of hydrogen-bond acceptors (Lipinski definition) is 5. The number of rotatable bonds is 7. The molecule has 1 N–H and O–H groups in total. The minimum absolute atomic E-state index is 0.0656. The minimum atomic E-state index is -0.198. The van der Waals surface area contributed by atoms with E-state index >= 15 is 0 Å². The zero-order valence-electron chi connectivity index (χ0n) is 16.6. The van der Waals surface area contributed by atoms with Gasteiger partial charge in [0.25, 0.3) is 11.8 Å². The Morgan fingerprint density at radius 2 is 1.75 bits per heavy atom. The van der Waals surface area contributed by atoms with Crippen molar-refractivity contribution < 1.29 is 14.1 Å². The highest BCUT2D eigenvalue weighted by Crippen LogP contribution is 2.24. The van der Waals surface area contributed by atoms with Crippen LogP contribution < -0.4 is 10.1 Å². The Labute approximate surface area is 164 Å². The summed E-state index contributed by atoms with van der Waals surface area (Å²) >= 11 is 0. The van der Waals surface area contributed by atoms with Crippen LogP contribution in [0.5, 0.6) is 5.75 Å². The fourth-order valence-corrected chi connectivity index (χ4v) is 2.73. The molecular formula is C22H25N3O3. The quantitative estimate of drug-likeness (QED) is 0.625. The van der Waals surface area contributed by atoms with Crippen LogP contribution in [0.15, 0.2) is 53.1 Å². The van der Waals surface area contributed by atoms with Gasteiger partial charge in [0.2, 0.25) is 0 Å². The Balaban J connectivity index is 1.58. The van der Waals surface area contributed by atoms with Crippen LogP contribution in [0.2, 0.25) is 0 Å². The molecular weight excluding hydrogens is 354 g/mol. The molecule has 28 heavy (non-hydrogen) atoms. The van der Waals surface area contributed by atoms with E-state index in [2.05, 4.69) is 29.3 Å². The van der Waals surface area contributed by atoms with E-state index in [4.69, 9.17) is 9.26 Å². The summed E-state index contributed by atoms with van der Waals surface area (Å²) in [5.74, 6) is 2.08. The van der Waals surface area contributed by atoms with Crippen molar-refractivity contribution in [2.75, 3.05) is 11.9 Å². The van der Waals surface area contributed by atoms with Crippen molar-refractivity contribution in [3.63, 3.8) is 0 Å². The number of anilines is 1. The highest BCUT2D eigenvalue weighted by atomic mass is 16.5. The second kappa shape index (κ2) is 8.69. The van der Waals surface area contributed by atoms with Gasteiger partial charge in [0, 0.05) is 17.2 Å². The van der Waals surface area contributed by atoms with Gasteiger partial charge in [0.1, 0.15) is 5.75 Å². The first-order chi connectivity index (χ1) is 13.4. The first kappa shape index (κ1) is 19.6. The van der Waals surface area contributed by atoms with E-state index in [0.717, 1.165) is 16.8 Å². The number of ether oxygens (including phenoxy) is 1. The average Bonchev–Trinajstić information content (AvgIpc) is 3.17. The van der Waals surface area contributed by atoms with E-state index in [-0.39, 0.29) is 18.4 Å². The smallest absolute Gasteiger partial charge is 0.262 e. The van der Waals surface area contributed by atoms with Gasteiger partial charge in [0.05, 0.1) is 0 Å². The second-order valence-corrected chi connectivity index (χ2v) is 7.22. The molecule has 3 rings (SSSR count). The van der Waals surface area contributed by atoms with E-state index < -0.39 is 0 Å². The maximum Gasteiger partial charge on any atom is 0.262 e. The molecule has 0 unspecified atom stereocenters. The van der Waals surface area contributed by atoms with Crippen molar-refractivity contribution in [1.29, 1.82) is 0 Å². The molecule has 0 aliphatic heterocycles. The van der Waals surface area contributed by atoms with Gasteiger partial charge in [-0.25, -0.2) is 0 Å². The number of carbonyl (C=O) groups excluding carboxylic acids is 1. The van der Waals surface area contributed by atoms with Gasteiger partial charge in [-0.2, -0.15) is 4.98 Å². The van der Waals surface area contributed by atoms with Gasteiger partial charge in [-0.3, -0.25) is 4.79 Å². The SMILES string of the molecule is CC(C)c1noc(-c2ccc(OCC(=O)Nc3ccccc3C(C)C)cc2)n1. The molecule has 1 aromatic heterocycles. The molecule has 0 bridgehead atoms. The zero-order chi connectivity index (χ0) is 20.1. The van der Waals surface area contributed by atoms with E-state index in [1.165, 1.54) is 0 Å². The van der Waals surface area contributed by atoms with Gasteiger partial charge in [0.15, 0.2) is 12.4 Å². The molecule has 6 heteroatoms. The number of hydrogen-bond donors (Lipinski definition) is 1. The topological polar surface area (TPSA) is 77.2 Å². The Kier molecular flexibility index (Phi) is 6.09. The van der Waals surface area contributed by atoms with Gasteiger partial charge >= 0.3 is 0 Å². The number of nitrogens with zero attached hydrogens (tertiary/aromatic N) is 2. The van der Waals surface area contributed by atoms with Crippen LogP contribution in [-0.2, 0) is 4.79 Å². The number of benzene rings is 2. The molecule has 0 spiro atoms. The predicted molar refractivity (Wildman–Crippen MR) is 108 cm³/mol.